The Morgan fingerprint density at radius 3 is 2.89 bits per heavy atom. The summed E-state index contributed by atoms with van der Waals surface area (Å²) in [6, 6.07) is 13.3. The smallest absolute Gasteiger partial charge is 0.231 e. The molecule has 0 unspecified atom stereocenters. The molecule has 5 nitrogen and oxygen atoms in total. The van der Waals surface area contributed by atoms with Crippen molar-refractivity contribution in [3.8, 4) is 11.5 Å². The number of Topliss-reactive ketones (excluding diaryl/α,β-unsaturated/α-hetero) is 1. The van der Waals surface area contributed by atoms with Crippen molar-refractivity contribution in [1.29, 1.82) is 0 Å². The number of carbonyl (C=O) groups is 1. The van der Waals surface area contributed by atoms with Crippen molar-refractivity contribution in [3.05, 3.63) is 88.8 Å². The van der Waals surface area contributed by atoms with Crippen molar-refractivity contribution in [2.75, 3.05) is 6.73 Å². The molecular formula is C22H16FNO4. The van der Waals surface area contributed by atoms with Gasteiger partial charge < -0.3 is 13.9 Å². The Kier molecular flexibility index (Phi) is 3.98. The molecule has 2 aromatic carbocycles. The molecule has 3 aromatic rings. The van der Waals surface area contributed by atoms with Crippen LogP contribution >= 0.6 is 0 Å². The molecule has 0 amide bonds. The van der Waals surface area contributed by atoms with Gasteiger partial charge in [-0.1, -0.05) is 12.1 Å². The van der Waals surface area contributed by atoms with Crippen LogP contribution in [0.25, 0.3) is 6.08 Å². The summed E-state index contributed by atoms with van der Waals surface area (Å²) < 4.78 is 30.6. The molecule has 0 N–H and O–H groups in total. The maximum atomic E-state index is 13.4. The second-order valence-electron chi connectivity index (χ2n) is 6.75. The Hall–Kier alpha value is -3.38. The Bertz CT molecular complexity index is 1090. The number of carbonyl (C=O) groups excluding carboxylic acids is 1. The highest BCUT2D eigenvalue weighted by molar-refractivity contribution is 6.15. The second-order valence-corrected chi connectivity index (χ2v) is 6.75. The highest BCUT2D eigenvalue weighted by atomic mass is 19.1. The van der Waals surface area contributed by atoms with Gasteiger partial charge in [0.1, 0.15) is 29.8 Å². The van der Waals surface area contributed by atoms with Gasteiger partial charge in [0.05, 0.1) is 23.9 Å². The van der Waals surface area contributed by atoms with Crippen molar-refractivity contribution in [2.45, 2.75) is 13.1 Å². The molecule has 6 heteroatoms. The number of benzene rings is 2. The standard InChI is InChI=1S/C22H16FNO4/c23-15-4-1-3-14(9-15)10-20-21(25)17-6-7-19-18(22(17)28-20)12-24(13-27-19)11-16-5-2-8-26-16/h1-10H,11-13H2/b20-10-. The Labute approximate surface area is 160 Å². The van der Waals surface area contributed by atoms with Gasteiger partial charge in [0.2, 0.25) is 5.78 Å². The van der Waals surface area contributed by atoms with E-state index in [0.29, 0.717) is 42.4 Å². The number of rotatable bonds is 3. The van der Waals surface area contributed by atoms with E-state index >= 15 is 0 Å². The minimum absolute atomic E-state index is 0.178. The van der Waals surface area contributed by atoms with Crippen LogP contribution in [0.2, 0.25) is 0 Å². The van der Waals surface area contributed by atoms with Crippen LogP contribution in [-0.4, -0.2) is 17.4 Å². The number of ether oxygens (including phenoxy) is 2. The number of fused-ring (bicyclic) bond motifs is 3. The quantitative estimate of drug-likeness (QED) is 0.634. The van der Waals surface area contributed by atoms with E-state index in [0.717, 1.165) is 11.3 Å². The molecule has 0 spiro atoms. The molecule has 0 radical (unpaired) electrons. The van der Waals surface area contributed by atoms with E-state index in [-0.39, 0.29) is 17.4 Å². The molecule has 0 saturated carbocycles. The van der Waals surface area contributed by atoms with Crippen LogP contribution in [0.4, 0.5) is 4.39 Å². The number of nitrogens with zero attached hydrogens (tertiary/aromatic N) is 1. The second kappa shape index (κ2) is 6.65. The van der Waals surface area contributed by atoms with Gasteiger partial charge in [-0.15, -0.1) is 0 Å². The summed E-state index contributed by atoms with van der Waals surface area (Å²) in [5.41, 5.74) is 1.89. The van der Waals surface area contributed by atoms with E-state index in [1.165, 1.54) is 12.1 Å². The first-order valence-electron chi connectivity index (χ1n) is 8.90. The average Bonchev–Trinajstić information content (AvgIpc) is 3.31. The molecule has 0 bridgehead atoms. The van der Waals surface area contributed by atoms with Crippen molar-refractivity contribution in [3.63, 3.8) is 0 Å². The SMILES string of the molecule is O=C1/C(=C/c2cccc(F)c2)Oc2c1ccc1c2CN(Cc2ccco2)CO1. The van der Waals surface area contributed by atoms with E-state index in [2.05, 4.69) is 4.90 Å². The van der Waals surface area contributed by atoms with Crippen molar-refractivity contribution < 1.29 is 23.1 Å². The average molecular weight is 377 g/mol. The normalized spacial score (nSPS) is 17.2. The molecule has 28 heavy (non-hydrogen) atoms. The van der Waals surface area contributed by atoms with Crippen LogP contribution in [0.1, 0.15) is 27.2 Å². The fraction of sp³-hybridized carbons (Fsp3) is 0.136. The number of ketones is 1. The van der Waals surface area contributed by atoms with Gasteiger partial charge in [-0.25, -0.2) is 4.39 Å². The number of furan rings is 1. The zero-order valence-electron chi connectivity index (χ0n) is 14.9. The summed E-state index contributed by atoms with van der Waals surface area (Å²) >= 11 is 0. The third kappa shape index (κ3) is 2.97. The highest BCUT2D eigenvalue weighted by Crippen LogP contribution is 2.42. The molecule has 0 saturated heterocycles. The summed E-state index contributed by atoms with van der Waals surface area (Å²) in [4.78, 5) is 14.8. The van der Waals surface area contributed by atoms with Gasteiger partial charge in [-0.2, -0.15) is 0 Å². The molecule has 0 atom stereocenters. The summed E-state index contributed by atoms with van der Waals surface area (Å²) in [6.07, 6.45) is 3.19. The number of allylic oxidation sites excluding steroid dienone is 1. The zero-order chi connectivity index (χ0) is 19.1. The number of halogens is 1. The number of hydrogen-bond acceptors (Lipinski definition) is 5. The molecule has 1 aromatic heterocycles. The fourth-order valence-corrected chi connectivity index (χ4v) is 3.48. The fourth-order valence-electron chi connectivity index (χ4n) is 3.48. The predicted octanol–water partition coefficient (Wildman–Crippen LogP) is 4.39. The zero-order valence-corrected chi connectivity index (χ0v) is 14.9. The lowest BCUT2D eigenvalue weighted by atomic mass is 10.0. The van der Waals surface area contributed by atoms with Crippen LogP contribution in [0.3, 0.4) is 0 Å². The minimum atomic E-state index is -0.364. The van der Waals surface area contributed by atoms with Crippen molar-refractivity contribution >= 4 is 11.9 Å². The molecule has 0 fully saturated rings. The molecular weight excluding hydrogens is 361 g/mol. The van der Waals surface area contributed by atoms with Gasteiger partial charge in [-0.3, -0.25) is 9.69 Å². The van der Waals surface area contributed by atoms with Crippen LogP contribution in [-0.2, 0) is 13.1 Å². The lowest BCUT2D eigenvalue weighted by Gasteiger charge is -2.29. The van der Waals surface area contributed by atoms with E-state index in [4.69, 9.17) is 13.9 Å². The van der Waals surface area contributed by atoms with Gasteiger partial charge in [0.25, 0.3) is 0 Å². The first-order chi connectivity index (χ1) is 13.7. The third-order valence-electron chi connectivity index (χ3n) is 4.79. The Morgan fingerprint density at radius 2 is 2.07 bits per heavy atom. The van der Waals surface area contributed by atoms with E-state index in [1.807, 2.05) is 12.1 Å². The monoisotopic (exact) mass is 377 g/mol. The van der Waals surface area contributed by atoms with Crippen LogP contribution in [0.15, 0.2) is 65.0 Å². The van der Waals surface area contributed by atoms with Crippen LogP contribution in [0.5, 0.6) is 11.5 Å². The maximum absolute atomic E-state index is 13.4. The largest absolute Gasteiger partial charge is 0.478 e. The predicted molar refractivity (Wildman–Crippen MR) is 99.2 cm³/mol. The van der Waals surface area contributed by atoms with Gasteiger partial charge in [0, 0.05) is 6.54 Å². The molecule has 2 aliphatic heterocycles. The maximum Gasteiger partial charge on any atom is 0.231 e. The molecule has 140 valence electrons. The Balaban J connectivity index is 1.45. The summed E-state index contributed by atoms with van der Waals surface area (Å²) in [6.45, 7) is 1.59. The van der Waals surface area contributed by atoms with E-state index < -0.39 is 0 Å². The van der Waals surface area contributed by atoms with Gasteiger partial charge in [-0.05, 0) is 48.0 Å². The van der Waals surface area contributed by atoms with Crippen molar-refractivity contribution in [2.24, 2.45) is 0 Å². The topological polar surface area (TPSA) is 51.9 Å². The summed E-state index contributed by atoms with van der Waals surface area (Å²) in [7, 11) is 0. The van der Waals surface area contributed by atoms with Gasteiger partial charge in [0.15, 0.2) is 5.76 Å². The van der Waals surface area contributed by atoms with E-state index in [9.17, 15) is 9.18 Å². The molecule has 3 heterocycles. The minimum Gasteiger partial charge on any atom is -0.478 e. The van der Waals surface area contributed by atoms with Crippen molar-refractivity contribution in [1.82, 2.24) is 4.90 Å². The lowest BCUT2D eigenvalue weighted by Crippen LogP contribution is -2.31. The summed E-state index contributed by atoms with van der Waals surface area (Å²) in [5, 5.41) is 0. The lowest BCUT2D eigenvalue weighted by molar-refractivity contribution is 0.0810. The van der Waals surface area contributed by atoms with Crippen LogP contribution < -0.4 is 9.47 Å². The molecule has 2 aliphatic rings. The third-order valence-corrected chi connectivity index (χ3v) is 4.79. The van der Waals surface area contributed by atoms with Crippen LogP contribution in [0, 0.1) is 5.82 Å². The summed E-state index contributed by atoms with van der Waals surface area (Å²) in [5.74, 6) is 1.64. The first-order valence-corrected chi connectivity index (χ1v) is 8.90. The molecule has 0 aliphatic carbocycles. The highest BCUT2D eigenvalue weighted by Gasteiger charge is 2.33. The van der Waals surface area contributed by atoms with E-state index in [1.54, 1.807) is 36.6 Å². The Morgan fingerprint density at radius 1 is 1.14 bits per heavy atom. The number of hydrogen-bond donors (Lipinski definition) is 0. The van der Waals surface area contributed by atoms with Gasteiger partial charge >= 0.3 is 0 Å². The molecule has 5 rings (SSSR count). The first kappa shape index (κ1) is 16.8.